The van der Waals surface area contributed by atoms with E-state index in [0.29, 0.717) is 121 Å². The molecular weight excluding hydrogens is 1780 g/mol. The highest BCUT2D eigenvalue weighted by molar-refractivity contribution is 7.84. The zero-order valence-electron chi connectivity index (χ0n) is 71.6. The fraction of sp³-hybridized carbons (Fsp3) is 0.240. The van der Waals surface area contributed by atoms with Crippen LogP contribution in [0.25, 0.3) is 27.9 Å². The number of hydrogen-bond acceptors (Lipinski definition) is 15. The first-order valence-electron chi connectivity index (χ1n) is 41.2. The first-order valence-corrected chi connectivity index (χ1v) is 44.6. The molecule has 5 aromatic carbocycles. The summed E-state index contributed by atoms with van der Waals surface area (Å²) >= 11 is 29.2. The van der Waals surface area contributed by atoms with Crippen molar-refractivity contribution in [1.29, 1.82) is 0 Å². The standard InChI is InChI=1S/C21H23ClN2O3.C20H20ClN3O3.C19H18ClN3O3.C18H16ClN3O3.C18H17ClN2O3S/c1-21(2,3)12-4-6-14(18(25)10-12)15(11-13-5-9-19(26)23-13)17-8-7-16(22)20(27)24-17;1-24(2)20(27)13-5-3-12(4-6-13)15(11-14-7-10-18(25)22-14)17-9-8-16(21)19(26)23-17;1-21-18(25)12-4-2-11(3-5-12)14(10-13-6-9-17(24)22-13)16-8-7-15(20)19(26)23-16;19-14-6-7-15(22-18(14)25)13(9-12-5-8-16(23)21-12)10-1-3-11(4-2-10)17(20)24;1-25(24)13-5-2-11(3-6-13)14(10-12-4-9-17(22)20-12)16-8-7-15(19)18(23)21-16/h4,6-8,10-11,13,25H,5,9H2,1-3H3,(H,23,26)(H,24,27);3-6,8-9,11,14H,7,10H2,1-2H3,(H,22,25)(H,23,26);2-5,7-8,10,13H,6,9H2,1H3,(H,21,25)(H,22,24)(H,23,26);1-4,6-7,9,12H,5,8H2,(H2,20,24)(H,21,23)(H,22,25);2-3,5-8,10,12H,4,9H2,1H3,(H,20,22)(H,21,23)/b2*15-11+;14-10+;13-9+;14-10+/t13-;14-;13-;12-;12-,25?/m11111/s1. The third kappa shape index (κ3) is 26.2. The van der Waals surface area contributed by atoms with Crippen LogP contribution in [0, 0.1) is 0 Å². The van der Waals surface area contributed by atoms with Crippen LogP contribution < -0.4 is 65.4 Å². The first kappa shape index (κ1) is 97.3. The molecule has 0 spiro atoms. The molecule has 5 aromatic heterocycles. The van der Waals surface area contributed by atoms with E-state index >= 15 is 0 Å². The second kappa shape index (κ2) is 44.1. The largest absolute Gasteiger partial charge is 0.507 e. The molecule has 0 bridgehead atoms. The molecule has 8 amide bonds. The van der Waals surface area contributed by atoms with Crippen LogP contribution in [-0.4, -0.2) is 144 Å². The van der Waals surface area contributed by atoms with Crippen molar-refractivity contribution in [2.24, 2.45) is 5.73 Å². The number of nitrogens with zero attached hydrogens (tertiary/aromatic N) is 1. The molecule has 0 aliphatic carbocycles. The Labute approximate surface area is 774 Å². The van der Waals surface area contributed by atoms with E-state index in [4.69, 9.17) is 63.7 Å². The van der Waals surface area contributed by atoms with Crippen molar-refractivity contribution in [3.63, 3.8) is 0 Å². The molecule has 10 heterocycles. The van der Waals surface area contributed by atoms with Gasteiger partial charge in [0.05, 0.1) is 0 Å². The number of H-pyrrole nitrogens is 5. The van der Waals surface area contributed by atoms with Crippen molar-refractivity contribution in [2.75, 3.05) is 27.4 Å². The summed E-state index contributed by atoms with van der Waals surface area (Å²) in [5.74, 6) is -0.644. The molecule has 1 unspecified atom stereocenters. The summed E-state index contributed by atoms with van der Waals surface area (Å²) in [5.41, 5.74) is 16.2. The summed E-state index contributed by atoms with van der Waals surface area (Å²) < 4.78 is 11.6. The lowest BCUT2D eigenvalue weighted by Crippen LogP contribution is -2.23. The number of primary amides is 1. The maximum atomic E-state index is 12.1. The molecule has 15 rings (SSSR count). The van der Waals surface area contributed by atoms with Crippen molar-refractivity contribution >= 4 is 144 Å². The van der Waals surface area contributed by atoms with E-state index in [1.54, 1.807) is 149 Å². The molecule has 0 saturated carbocycles. The minimum absolute atomic E-state index is 0.00478. The summed E-state index contributed by atoms with van der Waals surface area (Å²) in [6, 6.07) is 49.4. The zero-order valence-corrected chi connectivity index (χ0v) is 76.2. The van der Waals surface area contributed by atoms with Gasteiger partial charge in [0, 0.05) is 184 Å². The van der Waals surface area contributed by atoms with Crippen molar-refractivity contribution in [3.8, 4) is 5.75 Å². The number of aromatic amines is 5. The number of nitrogens with two attached hydrogens (primary N) is 1. The van der Waals surface area contributed by atoms with Crippen LogP contribution in [-0.2, 0) is 40.2 Å². The number of carbonyl (C=O) groups excluding carboxylic acids is 8. The minimum atomic E-state index is -1.06. The summed E-state index contributed by atoms with van der Waals surface area (Å²) in [7, 11) is 3.90. The number of halogens is 5. The molecule has 5 aliphatic heterocycles. The molecule has 10 aromatic rings. The average molecular weight is 1880 g/mol. The van der Waals surface area contributed by atoms with Gasteiger partial charge >= 0.3 is 0 Å². The van der Waals surface area contributed by atoms with Gasteiger partial charge in [-0.1, -0.05) is 170 Å². The van der Waals surface area contributed by atoms with Gasteiger partial charge in [0.1, 0.15) is 30.9 Å². The zero-order chi connectivity index (χ0) is 93.9. The Kier molecular flexibility index (Phi) is 33.1. The van der Waals surface area contributed by atoms with Crippen molar-refractivity contribution < 1.29 is 47.7 Å². The fourth-order valence-electron chi connectivity index (χ4n) is 14.4. The van der Waals surface area contributed by atoms with Gasteiger partial charge in [-0.3, -0.25) is 66.5 Å². The SMILES string of the molecule is CC(C)(C)c1ccc(/C(=C\[C@H]2CCC(=O)N2)c2ccc(Cl)c(=O)[nH]2)c(O)c1.CN(C)C(=O)c1ccc(/C(=C\[C@H]2CCC(=O)N2)c2ccc(Cl)c(=O)[nH]2)cc1.CNC(=O)c1ccc(/C(=C\[C@H]2CCC(=O)N2)c2ccc(Cl)c(=O)[nH]2)cc1.CS(=O)c1ccc(/C(=C\[C@H]2CCC(=O)N2)c2ccc(Cl)c(=O)[nH]2)cc1.NC(=O)c1ccc(/C(=C\[C@H]2CCC(=O)N2)c2ccc(Cl)c(=O)[nH]2)cc1. The Morgan fingerprint density at radius 2 is 0.654 bits per heavy atom. The van der Waals surface area contributed by atoms with Gasteiger partial charge in [-0.25, -0.2) is 0 Å². The monoisotopic (exact) mass is 1880 g/mol. The van der Waals surface area contributed by atoms with Gasteiger partial charge in [-0.05, 0) is 181 Å². The van der Waals surface area contributed by atoms with Crippen LogP contribution in [0.15, 0.2) is 235 Å². The van der Waals surface area contributed by atoms with Crippen LogP contribution in [0.4, 0.5) is 0 Å². The number of aromatic nitrogens is 5. The third-order valence-electron chi connectivity index (χ3n) is 21.4. The number of carbonyl (C=O) groups is 8. The first-order chi connectivity index (χ1) is 61.8. The Bertz CT molecular complexity index is 6360. The number of phenols is 1. The van der Waals surface area contributed by atoms with Crippen molar-refractivity contribution in [2.45, 2.75) is 125 Å². The molecule has 6 atom stereocenters. The Balaban J connectivity index is 0.000000157. The molecule has 34 heteroatoms. The van der Waals surface area contributed by atoms with Crippen LogP contribution in [0.1, 0.15) is 178 Å². The molecule has 14 N–H and O–H groups in total. The van der Waals surface area contributed by atoms with Gasteiger partial charge in [0.2, 0.25) is 35.4 Å². The Hall–Kier alpha value is -13.3. The van der Waals surface area contributed by atoms with Gasteiger partial charge in [0.25, 0.3) is 39.6 Å². The maximum Gasteiger partial charge on any atom is 0.267 e. The quantitative estimate of drug-likeness (QED) is 0.0358. The number of amides is 8. The molecular formula is C96H94Cl5N13O15S. The second-order valence-electron chi connectivity index (χ2n) is 32.0. The van der Waals surface area contributed by atoms with E-state index < -0.39 is 27.8 Å². The number of hydrogen-bond donors (Lipinski definition) is 13. The molecule has 5 aliphatic rings. The van der Waals surface area contributed by atoms with E-state index in [2.05, 4.69) is 77.6 Å². The van der Waals surface area contributed by atoms with E-state index in [9.17, 15) is 71.6 Å². The van der Waals surface area contributed by atoms with Crippen LogP contribution >= 0.6 is 58.0 Å². The van der Waals surface area contributed by atoms with E-state index in [0.717, 1.165) is 55.0 Å². The van der Waals surface area contributed by atoms with Gasteiger partial charge in [0.15, 0.2) is 0 Å². The summed E-state index contributed by atoms with van der Waals surface area (Å²) in [6.45, 7) is 6.22. The van der Waals surface area contributed by atoms with Gasteiger partial charge in [-0.15, -0.1) is 0 Å². The fourth-order valence-corrected chi connectivity index (χ4v) is 15.5. The van der Waals surface area contributed by atoms with Gasteiger partial charge < -0.3 is 72.6 Å². The number of phenolic OH excluding ortho intramolecular Hbond substituents is 1. The Morgan fingerprint density at radius 3 is 0.892 bits per heavy atom. The minimum Gasteiger partial charge on any atom is -0.507 e. The topological polar surface area (TPSA) is 440 Å². The predicted molar refractivity (Wildman–Crippen MR) is 506 cm³/mol. The highest BCUT2D eigenvalue weighted by Gasteiger charge is 2.28. The van der Waals surface area contributed by atoms with Crippen molar-refractivity contribution in [3.05, 3.63) is 362 Å². The summed E-state index contributed by atoms with van der Waals surface area (Å²) in [6.07, 6.45) is 16.9. The van der Waals surface area contributed by atoms with Gasteiger partial charge in [-0.2, -0.15) is 0 Å². The second-order valence-corrected chi connectivity index (χ2v) is 35.5. The normalized spacial score (nSPS) is 17.6. The molecule has 5 fully saturated rings. The molecule has 130 heavy (non-hydrogen) atoms. The molecule has 5 saturated heterocycles. The molecule has 28 nitrogen and oxygen atoms in total. The van der Waals surface area contributed by atoms with Crippen LogP contribution in [0.2, 0.25) is 25.1 Å². The summed E-state index contributed by atoms with van der Waals surface area (Å²) in [4.78, 5) is 168. The smallest absolute Gasteiger partial charge is 0.267 e. The lowest BCUT2D eigenvalue weighted by molar-refractivity contribution is -0.120. The number of nitrogens with one attached hydrogen (secondary N) is 11. The predicted octanol–water partition coefficient (Wildman–Crippen LogP) is 12.6. The average Bonchev–Trinajstić information content (AvgIpc) is 0.794. The van der Waals surface area contributed by atoms with Crippen molar-refractivity contribution in [1.82, 2.24) is 61.7 Å². The van der Waals surface area contributed by atoms with E-state index in [-0.39, 0.29) is 125 Å². The van der Waals surface area contributed by atoms with Crippen LogP contribution in [0.3, 0.4) is 0 Å². The van der Waals surface area contributed by atoms with E-state index in [1.165, 1.54) is 23.1 Å². The number of rotatable bonds is 19. The third-order valence-corrected chi connectivity index (χ3v) is 23.8. The molecule has 674 valence electrons. The lowest BCUT2D eigenvalue weighted by Gasteiger charge is -2.21. The number of pyridine rings is 5. The van der Waals surface area contributed by atoms with E-state index in [1.807, 2.05) is 66.8 Å². The van der Waals surface area contributed by atoms with Crippen LogP contribution in [0.5, 0.6) is 5.75 Å². The molecule has 0 radical (unpaired) electrons. The number of aromatic hydroxyl groups is 1. The highest BCUT2D eigenvalue weighted by atomic mass is 35.5. The Morgan fingerprint density at radius 1 is 0.392 bits per heavy atom. The highest BCUT2D eigenvalue weighted by Crippen LogP contribution is 2.36. The lowest BCUT2D eigenvalue weighted by atomic mass is 9.85. The number of benzene rings is 5. The maximum absolute atomic E-state index is 12.1. The summed E-state index contributed by atoms with van der Waals surface area (Å²) in [5, 5.41) is 28.2.